The molecular formula is C15H21ClO2. The number of hydrogen-bond acceptors (Lipinski definition) is 2. The monoisotopic (exact) mass is 268 g/mol. The largest absolute Gasteiger partial charge is 0.389 e. The molecule has 1 N–H and O–H groups in total. The second-order valence-electron chi connectivity index (χ2n) is 5.26. The fraction of sp³-hybridized carbons (Fsp3) is 0.600. The third-order valence-electron chi connectivity index (χ3n) is 3.59. The van der Waals surface area contributed by atoms with Crippen LogP contribution in [0, 0.1) is 0 Å². The van der Waals surface area contributed by atoms with Crippen molar-refractivity contribution in [2.24, 2.45) is 0 Å². The molecule has 100 valence electrons. The summed E-state index contributed by atoms with van der Waals surface area (Å²) < 4.78 is 5.69. The van der Waals surface area contributed by atoms with Crippen LogP contribution in [0.15, 0.2) is 24.3 Å². The van der Waals surface area contributed by atoms with Gasteiger partial charge >= 0.3 is 0 Å². The molecule has 0 spiro atoms. The van der Waals surface area contributed by atoms with Crippen LogP contribution < -0.4 is 0 Å². The van der Waals surface area contributed by atoms with Crippen molar-refractivity contribution < 1.29 is 9.84 Å². The molecule has 3 heteroatoms. The highest BCUT2D eigenvalue weighted by Crippen LogP contribution is 2.30. The molecule has 1 aromatic carbocycles. The van der Waals surface area contributed by atoms with E-state index in [1.165, 1.54) is 0 Å². The Bertz CT molecular complexity index is 375. The van der Waals surface area contributed by atoms with Crippen LogP contribution in [0.3, 0.4) is 0 Å². The first-order chi connectivity index (χ1) is 8.61. The highest BCUT2D eigenvalue weighted by atomic mass is 35.5. The summed E-state index contributed by atoms with van der Waals surface area (Å²) in [6.07, 6.45) is 4.48. The molecule has 2 rings (SSSR count). The highest BCUT2D eigenvalue weighted by Gasteiger charge is 2.34. The van der Waals surface area contributed by atoms with Crippen LogP contribution in [0.1, 0.15) is 38.2 Å². The van der Waals surface area contributed by atoms with Gasteiger partial charge in [0.05, 0.1) is 11.7 Å². The Morgan fingerprint density at radius 3 is 2.78 bits per heavy atom. The summed E-state index contributed by atoms with van der Waals surface area (Å²) in [5.74, 6) is 0. The lowest BCUT2D eigenvalue weighted by atomic mass is 9.83. The summed E-state index contributed by atoms with van der Waals surface area (Å²) in [5, 5.41) is 11.4. The molecule has 2 nitrogen and oxygen atoms in total. The second kappa shape index (κ2) is 6.05. The van der Waals surface area contributed by atoms with Gasteiger partial charge in [0.1, 0.15) is 0 Å². The van der Waals surface area contributed by atoms with Crippen molar-refractivity contribution in [3.05, 3.63) is 34.9 Å². The van der Waals surface area contributed by atoms with Gasteiger partial charge in [-0.05, 0) is 30.5 Å². The molecule has 0 aliphatic carbocycles. The minimum absolute atomic E-state index is 0.209. The molecule has 1 aliphatic heterocycles. The third kappa shape index (κ3) is 3.71. The standard InChI is InChI=1S/C15H21ClO2/c1-2-3-14-11-15(17,8-9-18-14)10-12-4-6-13(16)7-5-12/h4-7,14,17H,2-3,8-11H2,1H3. The van der Waals surface area contributed by atoms with Gasteiger partial charge in [-0.1, -0.05) is 37.1 Å². The minimum atomic E-state index is -0.619. The Morgan fingerprint density at radius 1 is 1.39 bits per heavy atom. The van der Waals surface area contributed by atoms with Gasteiger partial charge in [-0.3, -0.25) is 0 Å². The maximum absolute atomic E-state index is 10.7. The molecule has 18 heavy (non-hydrogen) atoms. The zero-order valence-electron chi connectivity index (χ0n) is 10.9. The Labute approximate surface area is 114 Å². The number of aliphatic hydroxyl groups is 1. The average Bonchev–Trinajstić information content (AvgIpc) is 2.32. The molecule has 1 fully saturated rings. The number of benzene rings is 1. The summed E-state index contributed by atoms with van der Waals surface area (Å²) in [6.45, 7) is 2.81. The first-order valence-electron chi connectivity index (χ1n) is 6.70. The topological polar surface area (TPSA) is 29.5 Å². The molecule has 1 aliphatic rings. The van der Waals surface area contributed by atoms with Crippen LogP contribution in [0.25, 0.3) is 0 Å². The summed E-state index contributed by atoms with van der Waals surface area (Å²) in [5.41, 5.74) is 0.519. The number of rotatable bonds is 4. The van der Waals surface area contributed by atoms with Crippen molar-refractivity contribution in [3.8, 4) is 0 Å². The Hall–Kier alpha value is -0.570. The first-order valence-corrected chi connectivity index (χ1v) is 7.07. The quantitative estimate of drug-likeness (QED) is 0.904. The molecule has 0 aromatic heterocycles. The Kier molecular flexibility index (Phi) is 4.66. The zero-order valence-corrected chi connectivity index (χ0v) is 11.6. The SMILES string of the molecule is CCCC1CC(O)(Cc2ccc(Cl)cc2)CCO1. The van der Waals surface area contributed by atoms with Crippen molar-refractivity contribution in [1.82, 2.24) is 0 Å². The molecule has 0 bridgehead atoms. The van der Waals surface area contributed by atoms with Crippen molar-refractivity contribution in [2.75, 3.05) is 6.61 Å². The van der Waals surface area contributed by atoms with Gasteiger partial charge in [-0.15, -0.1) is 0 Å². The maximum Gasteiger partial charge on any atom is 0.0734 e. The van der Waals surface area contributed by atoms with E-state index in [0.717, 1.165) is 36.3 Å². The normalized spacial score (nSPS) is 28.3. The fourth-order valence-corrected chi connectivity index (χ4v) is 2.78. The Morgan fingerprint density at radius 2 is 2.11 bits per heavy atom. The van der Waals surface area contributed by atoms with Gasteiger partial charge in [0.25, 0.3) is 0 Å². The van der Waals surface area contributed by atoms with E-state index < -0.39 is 5.60 Å². The molecule has 0 amide bonds. The highest BCUT2D eigenvalue weighted by molar-refractivity contribution is 6.30. The van der Waals surface area contributed by atoms with E-state index in [0.29, 0.717) is 13.0 Å². The van der Waals surface area contributed by atoms with E-state index in [9.17, 15) is 5.11 Å². The van der Waals surface area contributed by atoms with Crippen molar-refractivity contribution in [2.45, 2.75) is 50.7 Å². The van der Waals surface area contributed by atoms with Gasteiger partial charge in [-0.2, -0.15) is 0 Å². The lowest BCUT2D eigenvalue weighted by molar-refractivity contribution is -0.104. The molecule has 1 aromatic rings. The van der Waals surface area contributed by atoms with Gasteiger partial charge in [0.2, 0.25) is 0 Å². The maximum atomic E-state index is 10.7. The number of halogens is 1. The molecule has 2 unspecified atom stereocenters. The summed E-state index contributed by atoms with van der Waals surface area (Å²) in [4.78, 5) is 0. The van der Waals surface area contributed by atoms with Gasteiger partial charge in [-0.25, -0.2) is 0 Å². The van der Waals surface area contributed by atoms with Gasteiger partial charge in [0.15, 0.2) is 0 Å². The molecular weight excluding hydrogens is 248 g/mol. The lowest BCUT2D eigenvalue weighted by Gasteiger charge is -2.37. The zero-order chi connectivity index (χ0) is 13.0. The molecule has 2 atom stereocenters. The smallest absolute Gasteiger partial charge is 0.0734 e. The van der Waals surface area contributed by atoms with Crippen LogP contribution in [-0.2, 0) is 11.2 Å². The van der Waals surface area contributed by atoms with E-state index >= 15 is 0 Å². The van der Waals surface area contributed by atoms with Gasteiger partial charge < -0.3 is 9.84 Å². The van der Waals surface area contributed by atoms with Crippen LogP contribution >= 0.6 is 11.6 Å². The number of ether oxygens (including phenoxy) is 1. The van der Waals surface area contributed by atoms with Crippen LogP contribution in [0.5, 0.6) is 0 Å². The predicted molar refractivity (Wildman–Crippen MR) is 74.0 cm³/mol. The molecule has 1 saturated heterocycles. The van der Waals surface area contributed by atoms with E-state index in [2.05, 4.69) is 6.92 Å². The average molecular weight is 269 g/mol. The van der Waals surface area contributed by atoms with E-state index in [-0.39, 0.29) is 6.10 Å². The van der Waals surface area contributed by atoms with Gasteiger partial charge in [0, 0.05) is 24.5 Å². The van der Waals surface area contributed by atoms with E-state index in [1.54, 1.807) is 0 Å². The van der Waals surface area contributed by atoms with E-state index in [1.807, 2.05) is 24.3 Å². The number of hydrogen-bond donors (Lipinski definition) is 1. The minimum Gasteiger partial charge on any atom is -0.389 e. The first kappa shape index (κ1) is 13.9. The summed E-state index contributed by atoms with van der Waals surface area (Å²) in [7, 11) is 0. The van der Waals surface area contributed by atoms with E-state index in [4.69, 9.17) is 16.3 Å². The molecule has 0 saturated carbocycles. The predicted octanol–water partition coefficient (Wildman–Crippen LogP) is 3.59. The lowest BCUT2D eigenvalue weighted by Crippen LogP contribution is -2.42. The van der Waals surface area contributed by atoms with Crippen molar-refractivity contribution in [3.63, 3.8) is 0 Å². The van der Waals surface area contributed by atoms with Crippen LogP contribution in [0.2, 0.25) is 5.02 Å². The Balaban J connectivity index is 1.99. The summed E-state index contributed by atoms with van der Waals surface area (Å²) in [6, 6.07) is 7.74. The van der Waals surface area contributed by atoms with Crippen LogP contribution in [0.4, 0.5) is 0 Å². The van der Waals surface area contributed by atoms with Crippen molar-refractivity contribution >= 4 is 11.6 Å². The van der Waals surface area contributed by atoms with Crippen LogP contribution in [-0.4, -0.2) is 23.4 Å². The van der Waals surface area contributed by atoms with Crippen molar-refractivity contribution in [1.29, 1.82) is 0 Å². The summed E-state index contributed by atoms with van der Waals surface area (Å²) >= 11 is 5.87. The molecule has 1 heterocycles. The second-order valence-corrected chi connectivity index (χ2v) is 5.70. The fourth-order valence-electron chi connectivity index (χ4n) is 2.65. The molecule has 0 radical (unpaired) electrons. The third-order valence-corrected chi connectivity index (χ3v) is 3.84.